The van der Waals surface area contributed by atoms with E-state index < -0.39 is 0 Å². The third-order valence-electron chi connectivity index (χ3n) is 0.728. The van der Waals surface area contributed by atoms with Gasteiger partial charge in [0.05, 0.1) is 0 Å². The van der Waals surface area contributed by atoms with E-state index in [4.69, 9.17) is 0 Å². The van der Waals surface area contributed by atoms with E-state index >= 15 is 0 Å². The Morgan fingerprint density at radius 1 is 1.43 bits per heavy atom. The standard InChI is InChI=1S/C3H5S4/c4-6-7-5-3-1-2-3/h3H,1-2H2. The van der Waals surface area contributed by atoms with Gasteiger partial charge in [0, 0.05) is 5.25 Å². The van der Waals surface area contributed by atoms with Crippen LogP contribution in [-0.4, -0.2) is 5.25 Å². The zero-order chi connectivity index (χ0) is 5.11. The molecule has 0 aromatic rings. The van der Waals surface area contributed by atoms with Gasteiger partial charge in [0.25, 0.3) is 0 Å². The van der Waals surface area contributed by atoms with Gasteiger partial charge in [-0.2, -0.15) is 0 Å². The normalized spacial score (nSPS) is 20.1. The molecule has 0 saturated heterocycles. The van der Waals surface area contributed by atoms with Gasteiger partial charge in [-0.25, -0.2) is 0 Å². The second kappa shape index (κ2) is 3.43. The molecule has 0 N–H and O–H groups in total. The molecule has 0 nitrogen and oxygen atoms in total. The molecule has 0 aromatic heterocycles. The molecular weight excluding hydrogens is 164 g/mol. The van der Waals surface area contributed by atoms with Crippen molar-refractivity contribution in [3.05, 3.63) is 0 Å². The minimum Gasteiger partial charge on any atom is -0.0783 e. The van der Waals surface area contributed by atoms with Crippen LogP contribution < -0.4 is 0 Å². The topological polar surface area (TPSA) is 0 Å². The Morgan fingerprint density at radius 2 is 2.14 bits per heavy atom. The van der Waals surface area contributed by atoms with E-state index in [0.29, 0.717) is 0 Å². The van der Waals surface area contributed by atoms with Crippen LogP contribution in [0.15, 0.2) is 0 Å². The molecule has 0 bridgehead atoms. The molecular formula is C3H5S4. The Kier molecular flexibility index (Phi) is 3.19. The molecule has 0 heterocycles. The fraction of sp³-hybridized carbons (Fsp3) is 1.00. The first kappa shape index (κ1) is 6.52. The molecule has 1 aliphatic rings. The minimum absolute atomic E-state index is 0.945. The van der Waals surface area contributed by atoms with Crippen LogP contribution in [0.3, 0.4) is 0 Å². The molecule has 1 fully saturated rings. The molecule has 0 unspecified atom stereocenters. The zero-order valence-corrected chi connectivity index (χ0v) is 6.89. The molecule has 0 atom stereocenters. The van der Waals surface area contributed by atoms with Gasteiger partial charge in [0.2, 0.25) is 0 Å². The fourth-order valence-corrected chi connectivity index (χ4v) is 3.87. The number of hydrogen-bond donors (Lipinski definition) is 0. The van der Waals surface area contributed by atoms with Gasteiger partial charge >= 0.3 is 0 Å². The quantitative estimate of drug-likeness (QED) is 0.595. The van der Waals surface area contributed by atoms with E-state index in [1.807, 2.05) is 10.8 Å². The van der Waals surface area contributed by atoms with Gasteiger partial charge < -0.3 is 0 Å². The predicted octanol–water partition coefficient (Wildman–Crippen LogP) is 3.29. The van der Waals surface area contributed by atoms with Gasteiger partial charge in [0.1, 0.15) is 0 Å². The maximum atomic E-state index is 4.66. The summed E-state index contributed by atoms with van der Waals surface area (Å²) in [5, 5.41) is 0.945. The van der Waals surface area contributed by atoms with E-state index in [9.17, 15) is 0 Å². The van der Waals surface area contributed by atoms with Gasteiger partial charge in [0.15, 0.2) is 0 Å². The van der Waals surface area contributed by atoms with E-state index in [1.165, 1.54) is 22.7 Å². The molecule has 0 aromatic carbocycles. The van der Waals surface area contributed by atoms with Crippen molar-refractivity contribution in [1.29, 1.82) is 0 Å². The van der Waals surface area contributed by atoms with Gasteiger partial charge in [-0.05, 0) is 44.2 Å². The van der Waals surface area contributed by atoms with Crippen molar-refractivity contribution >= 4 is 42.1 Å². The Morgan fingerprint density at radius 3 is 2.57 bits per heavy atom. The largest absolute Gasteiger partial charge is 0.0783 e. The second-order valence-electron chi connectivity index (χ2n) is 1.43. The third kappa shape index (κ3) is 3.06. The number of rotatable bonds is 3. The van der Waals surface area contributed by atoms with Crippen LogP contribution in [-0.2, 0) is 0 Å². The summed E-state index contributed by atoms with van der Waals surface area (Å²) in [6, 6.07) is 0. The van der Waals surface area contributed by atoms with Gasteiger partial charge in [-0.15, -0.1) is 0 Å². The summed E-state index contributed by atoms with van der Waals surface area (Å²) in [4.78, 5) is 0. The van der Waals surface area contributed by atoms with Crippen molar-refractivity contribution in [1.82, 2.24) is 0 Å². The van der Waals surface area contributed by atoms with Gasteiger partial charge in [-0.1, -0.05) is 10.8 Å². The van der Waals surface area contributed by atoms with Crippen molar-refractivity contribution in [3.63, 3.8) is 0 Å². The average molecular weight is 169 g/mol. The van der Waals surface area contributed by atoms with E-state index in [2.05, 4.69) is 11.7 Å². The molecule has 7 heavy (non-hydrogen) atoms. The Bertz CT molecular complexity index is 50.9. The maximum absolute atomic E-state index is 4.66. The first-order valence-electron chi connectivity index (χ1n) is 2.05. The van der Waals surface area contributed by atoms with Crippen LogP contribution in [0.1, 0.15) is 12.8 Å². The van der Waals surface area contributed by atoms with E-state index in [-0.39, 0.29) is 0 Å². The molecule has 1 aliphatic carbocycles. The molecule has 0 amide bonds. The van der Waals surface area contributed by atoms with Crippen LogP contribution in [0.25, 0.3) is 0 Å². The highest BCUT2D eigenvalue weighted by molar-refractivity contribution is 9.24. The van der Waals surface area contributed by atoms with Crippen LogP contribution in [0.2, 0.25) is 0 Å². The van der Waals surface area contributed by atoms with Crippen molar-refractivity contribution < 1.29 is 0 Å². The third-order valence-corrected chi connectivity index (χ3v) is 5.53. The summed E-state index contributed by atoms with van der Waals surface area (Å²) in [7, 11) is 5.08. The molecule has 0 spiro atoms. The van der Waals surface area contributed by atoms with Crippen molar-refractivity contribution in [2.75, 3.05) is 0 Å². The van der Waals surface area contributed by atoms with E-state index in [0.717, 1.165) is 5.25 Å². The fourth-order valence-electron chi connectivity index (χ4n) is 0.236. The highest BCUT2D eigenvalue weighted by atomic mass is 33.7. The summed E-state index contributed by atoms with van der Waals surface area (Å²) in [5.41, 5.74) is 0. The van der Waals surface area contributed by atoms with Crippen molar-refractivity contribution in [2.24, 2.45) is 0 Å². The van der Waals surface area contributed by atoms with E-state index in [1.54, 1.807) is 9.83 Å². The SMILES string of the molecule is [S]SSSC1CC1. The summed E-state index contributed by atoms with van der Waals surface area (Å²) >= 11 is 4.66. The predicted molar refractivity (Wildman–Crippen MR) is 43.4 cm³/mol. The lowest BCUT2D eigenvalue weighted by atomic mass is 11.0. The first-order chi connectivity index (χ1) is 3.43. The summed E-state index contributed by atoms with van der Waals surface area (Å²) < 4.78 is 0. The Hall–Kier alpha value is 1.40. The first-order valence-corrected chi connectivity index (χ1v) is 6.52. The van der Waals surface area contributed by atoms with Crippen LogP contribution in [0, 0.1) is 0 Å². The molecule has 4 heteroatoms. The van der Waals surface area contributed by atoms with Crippen LogP contribution in [0.4, 0.5) is 0 Å². The highest BCUT2D eigenvalue weighted by Crippen LogP contribution is 2.47. The number of hydrogen-bond acceptors (Lipinski definition) is 3. The summed E-state index contributed by atoms with van der Waals surface area (Å²) in [6.07, 6.45) is 2.82. The van der Waals surface area contributed by atoms with Crippen LogP contribution >= 0.6 is 42.1 Å². The Balaban J connectivity index is 1.80. The summed E-state index contributed by atoms with van der Waals surface area (Å²) in [5.74, 6) is 0. The highest BCUT2D eigenvalue weighted by Gasteiger charge is 2.21. The molecule has 0 aliphatic heterocycles. The van der Waals surface area contributed by atoms with Crippen molar-refractivity contribution in [2.45, 2.75) is 18.1 Å². The Labute approximate surface area is 60.2 Å². The molecule has 1 saturated carbocycles. The molecule has 1 radical (unpaired) electrons. The second-order valence-corrected chi connectivity index (χ2v) is 6.41. The lowest BCUT2D eigenvalue weighted by Gasteiger charge is -1.86. The monoisotopic (exact) mass is 169 g/mol. The summed E-state index contributed by atoms with van der Waals surface area (Å²) in [6.45, 7) is 0. The zero-order valence-electron chi connectivity index (χ0n) is 3.62. The lowest BCUT2D eigenvalue weighted by Crippen LogP contribution is -1.56. The molecule has 1 rings (SSSR count). The average Bonchev–Trinajstić information content (AvgIpc) is 2.42. The lowest BCUT2D eigenvalue weighted by molar-refractivity contribution is 1.50. The maximum Gasteiger partial charge on any atom is 0.0160 e. The van der Waals surface area contributed by atoms with Crippen LogP contribution in [0.5, 0.6) is 0 Å². The van der Waals surface area contributed by atoms with Crippen molar-refractivity contribution in [3.8, 4) is 0 Å². The molecule has 41 valence electrons. The minimum atomic E-state index is 0.945. The smallest absolute Gasteiger partial charge is 0.0160 e. The van der Waals surface area contributed by atoms with Gasteiger partial charge in [-0.3, -0.25) is 0 Å².